The Labute approximate surface area is 130 Å². The molecule has 0 aliphatic heterocycles. The molecule has 3 aromatic rings. The number of aromatic nitrogens is 1. The molecule has 0 saturated heterocycles. The number of aromatic hydroxyl groups is 1. The highest BCUT2D eigenvalue weighted by Crippen LogP contribution is 2.39. The van der Waals surface area contributed by atoms with Crippen molar-refractivity contribution >= 4 is 10.8 Å². The minimum absolute atomic E-state index is 0.288. The Bertz CT molecular complexity index is 788. The summed E-state index contributed by atoms with van der Waals surface area (Å²) in [4.78, 5) is 0. The highest BCUT2D eigenvalue weighted by molar-refractivity contribution is 5.91. The maximum absolute atomic E-state index is 10.8. The Kier molecular flexibility index (Phi) is 3.67. The summed E-state index contributed by atoms with van der Waals surface area (Å²) in [6.45, 7) is 4.68. The Hall–Kier alpha value is -2.26. The summed E-state index contributed by atoms with van der Waals surface area (Å²) in [5.74, 6) is 0.288. The Morgan fingerprint density at radius 1 is 0.955 bits per heavy atom. The van der Waals surface area contributed by atoms with Crippen molar-refractivity contribution in [3.8, 4) is 5.88 Å². The molecule has 0 aliphatic carbocycles. The van der Waals surface area contributed by atoms with Gasteiger partial charge in [-0.2, -0.15) is 0 Å². The molecule has 0 amide bonds. The summed E-state index contributed by atoms with van der Waals surface area (Å²) in [6.07, 6.45) is 0. The number of hydrogen-bond donors (Lipinski definition) is 1. The second-order valence-corrected chi connectivity index (χ2v) is 6.01. The number of nitrogens with zero attached hydrogens (tertiary/aromatic N) is 1. The van der Waals surface area contributed by atoms with Crippen molar-refractivity contribution in [2.24, 2.45) is 0 Å². The van der Waals surface area contributed by atoms with Crippen LogP contribution in [-0.4, -0.2) is 16.8 Å². The molecular formula is C19H21NO2. The van der Waals surface area contributed by atoms with E-state index in [0.29, 0.717) is 6.61 Å². The van der Waals surface area contributed by atoms with Gasteiger partial charge in [-0.3, -0.25) is 0 Å². The van der Waals surface area contributed by atoms with Crippen LogP contribution >= 0.6 is 0 Å². The van der Waals surface area contributed by atoms with E-state index in [1.165, 1.54) is 0 Å². The molecule has 0 fully saturated rings. The second kappa shape index (κ2) is 5.50. The molecule has 0 bridgehead atoms. The predicted octanol–water partition coefficient (Wildman–Crippen LogP) is 4.28. The number of ether oxygens (including phenoxy) is 1. The summed E-state index contributed by atoms with van der Waals surface area (Å²) in [6, 6.07) is 18.1. The zero-order valence-corrected chi connectivity index (χ0v) is 13.2. The molecule has 114 valence electrons. The molecule has 0 aliphatic rings. The third-order valence-corrected chi connectivity index (χ3v) is 4.28. The summed E-state index contributed by atoms with van der Waals surface area (Å²) >= 11 is 0. The molecular weight excluding hydrogens is 274 g/mol. The van der Waals surface area contributed by atoms with Gasteiger partial charge in [-0.25, -0.2) is 0 Å². The van der Waals surface area contributed by atoms with E-state index in [9.17, 15) is 5.11 Å². The molecule has 22 heavy (non-hydrogen) atoms. The molecule has 1 aromatic heterocycles. The van der Waals surface area contributed by atoms with E-state index < -0.39 is 0 Å². The minimum atomic E-state index is -0.377. The van der Waals surface area contributed by atoms with Gasteiger partial charge in [0.25, 0.3) is 0 Å². The zero-order valence-electron chi connectivity index (χ0n) is 13.2. The van der Waals surface area contributed by atoms with Crippen LogP contribution in [0.2, 0.25) is 0 Å². The number of benzene rings is 2. The third-order valence-electron chi connectivity index (χ3n) is 4.28. The lowest BCUT2D eigenvalue weighted by molar-refractivity contribution is 0.172. The lowest BCUT2D eigenvalue weighted by Crippen LogP contribution is -2.29. The number of rotatable bonds is 4. The topological polar surface area (TPSA) is 34.4 Å². The Morgan fingerprint density at radius 3 is 2.18 bits per heavy atom. The third kappa shape index (κ3) is 2.18. The predicted molar refractivity (Wildman–Crippen MR) is 89.2 cm³/mol. The Balaban J connectivity index is 2.30. The quantitative estimate of drug-likeness (QED) is 0.779. The van der Waals surface area contributed by atoms with Gasteiger partial charge >= 0.3 is 0 Å². The molecule has 3 heteroatoms. The van der Waals surface area contributed by atoms with Gasteiger partial charge in [0.05, 0.1) is 17.8 Å². The van der Waals surface area contributed by atoms with Crippen molar-refractivity contribution in [2.75, 3.05) is 7.11 Å². The van der Waals surface area contributed by atoms with Gasteiger partial charge < -0.3 is 14.4 Å². The van der Waals surface area contributed by atoms with E-state index in [0.717, 1.165) is 22.0 Å². The average molecular weight is 295 g/mol. The van der Waals surface area contributed by atoms with Crippen molar-refractivity contribution in [3.63, 3.8) is 0 Å². The first-order chi connectivity index (χ1) is 10.6. The first-order valence-electron chi connectivity index (χ1n) is 7.43. The Morgan fingerprint density at radius 2 is 1.55 bits per heavy atom. The second-order valence-electron chi connectivity index (χ2n) is 6.01. The van der Waals surface area contributed by atoms with Crippen molar-refractivity contribution in [1.82, 2.24) is 4.57 Å². The highest BCUT2D eigenvalue weighted by Gasteiger charge is 2.29. The van der Waals surface area contributed by atoms with Crippen LogP contribution in [0.15, 0.2) is 54.6 Å². The fourth-order valence-electron chi connectivity index (χ4n) is 3.15. The summed E-state index contributed by atoms with van der Waals surface area (Å²) in [5, 5.41) is 12.7. The van der Waals surface area contributed by atoms with E-state index in [4.69, 9.17) is 4.74 Å². The maximum Gasteiger partial charge on any atom is 0.200 e. The van der Waals surface area contributed by atoms with Crippen LogP contribution in [0, 0.1) is 0 Å². The van der Waals surface area contributed by atoms with Crippen molar-refractivity contribution in [1.29, 1.82) is 0 Å². The van der Waals surface area contributed by atoms with E-state index in [-0.39, 0.29) is 11.4 Å². The van der Waals surface area contributed by atoms with Crippen molar-refractivity contribution in [3.05, 3.63) is 65.9 Å². The fraction of sp³-hybridized carbons (Fsp3) is 0.263. The summed E-state index contributed by atoms with van der Waals surface area (Å²) in [5.41, 5.74) is 1.76. The number of fused-ring (bicyclic) bond motifs is 1. The van der Waals surface area contributed by atoms with Crippen LogP contribution in [0.5, 0.6) is 5.88 Å². The molecule has 1 heterocycles. The molecule has 1 N–H and O–H groups in total. The van der Waals surface area contributed by atoms with Crippen LogP contribution in [0.25, 0.3) is 10.8 Å². The van der Waals surface area contributed by atoms with Crippen LogP contribution in [-0.2, 0) is 16.9 Å². The SMILES string of the molecule is COCc1c2ccccc2c(O)n1C(C)(C)c1ccccc1. The summed E-state index contributed by atoms with van der Waals surface area (Å²) in [7, 11) is 1.68. The normalized spacial score (nSPS) is 12.0. The average Bonchev–Trinajstić information content (AvgIpc) is 2.82. The van der Waals surface area contributed by atoms with Gasteiger partial charge in [0.1, 0.15) is 0 Å². The van der Waals surface area contributed by atoms with Crippen LogP contribution in [0.1, 0.15) is 25.1 Å². The van der Waals surface area contributed by atoms with Crippen molar-refractivity contribution < 1.29 is 9.84 Å². The first kappa shape index (κ1) is 14.7. The fourth-order valence-corrected chi connectivity index (χ4v) is 3.15. The number of methoxy groups -OCH3 is 1. The van der Waals surface area contributed by atoms with Crippen LogP contribution < -0.4 is 0 Å². The van der Waals surface area contributed by atoms with Gasteiger partial charge in [0.2, 0.25) is 0 Å². The molecule has 0 spiro atoms. The smallest absolute Gasteiger partial charge is 0.200 e. The molecule has 3 nitrogen and oxygen atoms in total. The zero-order chi connectivity index (χ0) is 15.7. The first-order valence-corrected chi connectivity index (χ1v) is 7.43. The van der Waals surface area contributed by atoms with Gasteiger partial charge in [0, 0.05) is 17.9 Å². The maximum atomic E-state index is 10.8. The highest BCUT2D eigenvalue weighted by atomic mass is 16.5. The molecule has 2 aromatic carbocycles. The van der Waals surface area contributed by atoms with E-state index >= 15 is 0 Å². The standard InChI is InChI=1S/C19H21NO2/c1-19(2,14-9-5-4-6-10-14)20-17(13-22-3)15-11-7-8-12-16(15)18(20)21/h4-12,21H,13H2,1-3H3. The van der Waals surface area contributed by atoms with E-state index in [2.05, 4.69) is 26.0 Å². The largest absolute Gasteiger partial charge is 0.494 e. The van der Waals surface area contributed by atoms with E-state index in [1.54, 1.807) is 7.11 Å². The minimum Gasteiger partial charge on any atom is -0.494 e. The van der Waals surface area contributed by atoms with Crippen LogP contribution in [0.3, 0.4) is 0 Å². The molecule has 0 saturated carbocycles. The molecule has 3 rings (SSSR count). The van der Waals surface area contributed by atoms with Gasteiger partial charge in [-0.15, -0.1) is 0 Å². The molecule has 0 atom stereocenters. The van der Waals surface area contributed by atoms with Gasteiger partial charge in [0.15, 0.2) is 5.88 Å². The van der Waals surface area contributed by atoms with E-state index in [1.807, 2.05) is 47.0 Å². The lowest BCUT2D eigenvalue weighted by Gasteiger charge is -2.30. The van der Waals surface area contributed by atoms with Gasteiger partial charge in [-0.05, 0) is 25.5 Å². The lowest BCUT2D eigenvalue weighted by atomic mass is 9.93. The van der Waals surface area contributed by atoms with Crippen LogP contribution in [0.4, 0.5) is 0 Å². The van der Waals surface area contributed by atoms with Gasteiger partial charge in [-0.1, -0.05) is 48.5 Å². The summed E-state index contributed by atoms with van der Waals surface area (Å²) < 4.78 is 7.37. The molecule has 0 unspecified atom stereocenters. The number of hydrogen-bond acceptors (Lipinski definition) is 2. The van der Waals surface area contributed by atoms with Crippen molar-refractivity contribution in [2.45, 2.75) is 26.0 Å². The monoisotopic (exact) mass is 295 g/mol. The molecule has 0 radical (unpaired) electrons.